The van der Waals surface area contributed by atoms with E-state index >= 15 is 0 Å². The van der Waals surface area contributed by atoms with E-state index in [1.165, 1.54) is 5.56 Å². The van der Waals surface area contributed by atoms with E-state index in [4.69, 9.17) is 19.2 Å². The molecule has 0 fully saturated rings. The summed E-state index contributed by atoms with van der Waals surface area (Å²) in [5.41, 5.74) is 5.55. The highest BCUT2D eigenvalue weighted by molar-refractivity contribution is 7.13. The number of hydrogen-bond donors (Lipinski definition) is 1. The number of aromatic nitrogens is 2. The first-order chi connectivity index (χ1) is 17.5. The number of carbonyl (C=O) groups is 1. The minimum atomic E-state index is -0.111. The molecule has 4 rings (SSSR count). The molecule has 0 bridgehead atoms. The fourth-order valence-corrected chi connectivity index (χ4v) is 4.85. The van der Waals surface area contributed by atoms with Crippen molar-refractivity contribution in [3.05, 3.63) is 76.8 Å². The molecular formula is C28H31N3O4S. The molecule has 0 atom stereocenters. The number of nitrogens with one attached hydrogen (secondary N) is 1. The van der Waals surface area contributed by atoms with Crippen LogP contribution in [0.1, 0.15) is 21.6 Å². The quantitative estimate of drug-likeness (QED) is 0.283. The summed E-state index contributed by atoms with van der Waals surface area (Å²) in [7, 11) is 4.94. The Bertz CT molecular complexity index is 1290. The number of nitrogens with zero attached hydrogens (tertiary/aromatic N) is 2. The Balaban J connectivity index is 1.64. The Kier molecular flexibility index (Phi) is 8.40. The molecule has 2 aromatic carbocycles. The number of rotatable bonds is 11. The lowest BCUT2D eigenvalue weighted by molar-refractivity contribution is 0.0936. The maximum Gasteiger partial charge on any atom is 0.253 e. The van der Waals surface area contributed by atoms with Gasteiger partial charge in [0.25, 0.3) is 5.91 Å². The summed E-state index contributed by atoms with van der Waals surface area (Å²) in [6, 6.07) is 17.9. The first-order valence-electron chi connectivity index (χ1n) is 11.7. The van der Waals surface area contributed by atoms with Gasteiger partial charge in [-0.3, -0.25) is 4.79 Å². The van der Waals surface area contributed by atoms with Gasteiger partial charge in [-0.25, -0.2) is 4.98 Å². The SMILES string of the molecule is COCCNC(=O)c1cc(-c2csc(-c3ccc(OC)cc3)n2)n(CCc2ccc(OC)cc2)c1C. The third-order valence-corrected chi connectivity index (χ3v) is 6.98. The average Bonchev–Trinajstić information content (AvgIpc) is 3.53. The standard InChI is InChI=1S/C28H31N3O4S/c1-19-24(27(32)29-14-16-33-2)17-26(31(19)15-13-20-5-9-22(34-3)10-6-20)25-18-36-28(30-25)21-7-11-23(35-4)12-8-21/h5-12,17-18H,13-16H2,1-4H3,(H,29,32). The van der Waals surface area contributed by atoms with Crippen LogP contribution in [0.2, 0.25) is 0 Å². The molecule has 188 valence electrons. The number of carbonyl (C=O) groups excluding carboxylic acids is 1. The molecule has 1 amide bonds. The third kappa shape index (κ3) is 5.78. The molecule has 0 radical (unpaired) electrons. The first-order valence-corrected chi connectivity index (χ1v) is 12.6. The zero-order chi connectivity index (χ0) is 25.5. The number of ether oxygens (including phenoxy) is 3. The van der Waals surface area contributed by atoms with Gasteiger partial charge < -0.3 is 24.1 Å². The van der Waals surface area contributed by atoms with Crippen LogP contribution < -0.4 is 14.8 Å². The van der Waals surface area contributed by atoms with Crippen molar-refractivity contribution in [1.29, 1.82) is 0 Å². The van der Waals surface area contributed by atoms with Gasteiger partial charge in [0, 0.05) is 36.8 Å². The normalized spacial score (nSPS) is 10.9. The molecule has 0 saturated heterocycles. The topological polar surface area (TPSA) is 74.6 Å². The molecular weight excluding hydrogens is 474 g/mol. The lowest BCUT2D eigenvalue weighted by atomic mass is 10.1. The molecule has 2 heterocycles. The van der Waals surface area contributed by atoms with Crippen molar-refractivity contribution < 1.29 is 19.0 Å². The van der Waals surface area contributed by atoms with Crippen molar-refractivity contribution >= 4 is 17.2 Å². The van der Waals surface area contributed by atoms with E-state index in [-0.39, 0.29) is 5.91 Å². The van der Waals surface area contributed by atoms with E-state index < -0.39 is 0 Å². The Morgan fingerprint density at radius 3 is 2.31 bits per heavy atom. The van der Waals surface area contributed by atoms with Crippen molar-refractivity contribution in [1.82, 2.24) is 14.9 Å². The van der Waals surface area contributed by atoms with Crippen molar-refractivity contribution in [3.63, 3.8) is 0 Å². The van der Waals surface area contributed by atoms with Gasteiger partial charge in [0.1, 0.15) is 16.5 Å². The largest absolute Gasteiger partial charge is 0.497 e. The summed E-state index contributed by atoms with van der Waals surface area (Å²) in [6.07, 6.45) is 0.812. The Labute approximate surface area is 215 Å². The Morgan fingerprint density at radius 2 is 1.67 bits per heavy atom. The molecule has 1 N–H and O–H groups in total. The van der Waals surface area contributed by atoms with Gasteiger partial charge in [-0.15, -0.1) is 11.3 Å². The number of benzene rings is 2. The molecule has 2 aromatic heterocycles. The highest BCUT2D eigenvalue weighted by atomic mass is 32.1. The van der Waals surface area contributed by atoms with Crippen LogP contribution in [0.5, 0.6) is 11.5 Å². The van der Waals surface area contributed by atoms with E-state index in [2.05, 4.69) is 22.0 Å². The van der Waals surface area contributed by atoms with Gasteiger partial charge in [0.2, 0.25) is 0 Å². The monoisotopic (exact) mass is 505 g/mol. The van der Waals surface area contributed by atoms with Crippen LogP contribution in [0.25, 0.3) is 22.0 Å². The summed E-state index contributed by atoms with van der Waals surface area (Å²) >= 11 is 1.58. The van der Waals surface area contributed by atoms with Gasteiger partial charge in [0.15, 0.2) is 0 Å². The van der Waals surface area contributed by atoms with Gasteiger partial charge >= 0.3 is 0 Å². The molecule has 0 spiro atoms. The van der Waals surface area contributed by atoms with Crippen LogP contribution >= 0.6 is 11.3 Å². The highest BCUT2D eigenvalue weighted by Gasteiger charge is 2.20. The number of amides is 1. The second-order valence-electron chi connectivity index (χ2n) is 8.29. The van der Waals surface area contributed by atoms with Crippen molar-refractivity contribution in [3.8, 4) is 33.5 Å². The van der Waals surface area contributed by atoms with Gasteiger partial charge in [-0.2, -0.15) is 0 Å². The number of thiazole rings is 1. The van der Waals surface area contributed by atoms with E-state index in [1.807, 2.05) is 54.8 Å². The predicted octanol–water partition coefficient (Wildman–Crippen LogP) is 5.22. The fourth-order valence-electron chi connectivity index (χ4n) is 4.03. The highest BCUT2D eigenvalue weighted by Crippen LogP contribution is 2.32. The lowest BCUT2D eigenvalue weighted by Gasteiger charge is -2.12. The van der Waals surface area contributed by atoms with Gasteiger partial charge in [-0.1, -0.05) is 12.1 Å². The van der Waals surface area contributed by atoms with Gasteiger partial charge in [0.05, 0.1) is 37.8 Å². The second kappa shape index (κ2) is 11.9. The van der Waals surface area contributed by atoms with Crippen LogP contribution in [-0.2, 0) is 17.7 Å². The smallest absolute Gasteiger partial charge is 0.253 e. The molecule has 0 aliphatic rings. The zero-order valence-electron chi connectivity index (χ0n) is 21.0. The van der Waals surface area contributed by atoms with Crippen molar-refractivity contribution in [2.45, 2.75) is 19.9 Å². The maximum absolute atomic E-state index is 12.9. The van der Waals surface area contributed by atoms with E-state index in [1.54, 1.807) is 32.7 Å². The molecule has 0 saturated carbocycles. The summed E-state index contributed by atoms with van der Waals surface area (Å²) in [4.78, 5) is 17.9. The summed E-state index contributed by atoms with van der Waals surface area (Å²) in [5, 5.41) is 5.90. The number of methoxy groups -OCH3 is 3. The Hall–Kier alpha value is -3.62. The minimum absolute atomic E-state index is 0.111. The fraction of sp³-hybridized carbons (Fsp3) is 0.286. The summed E-state index contributed by atoms with van der Waals surface area (Å²) in [5.74, 6) is 1.53. The van der Waals surface area contributed by atoms with Crippen molar-refractivity contribution in [2.75, 3.05) is 34.5 Å². The average molecular weight is 506 g/mol. The van der Waals surface area contributed by atoms with Crippen molar-refractivity contribution in [2.24, 2.45) is 0 Å². The van der Waals surface area contributed by atoms with Crippen LogP contribution in [0.3, 0.4) is 0 Å². The first kappa shape index (κ1) is 25.5. The summed E-state index contributed by atoms with van der Waals surface area (Å²) < 4.78 is 17.8. The molecule has 36 heavy (non-hydrogen) atoms. The molecule has 0 aliphatic carbocycles. The van der Waals surface area contributed by atoms with E-state index in [9.17, 15) is 4.79 Å². The molecule has 4 aromatic rings. The van der Waals surface area contributed by atoms with Gasteiger partial charge in [-0.05, 0) is 61.4 Å². The lowest BCUT2D eigenvalue weighted by Crippen LogP contribution is -2.27. The summed E-state index contributed by atoms with van der Waals surface area (Å²) in [6.45, 7) is 3.63. The van der Waals surface area contributed by atoms with Crippen LogP contribution in [-0.4, -0.2) is 49.9 Å². The van der Waals surface area contributed by atoms with Crippen LogP contribution in [0, 0.1) is 6.92 Å². The molecule has 7 nitrogen and oxygen atoms in total. The zero-order valence-corrected chi connectivity index (χ0v) is 21.9. The van der Waals surface area contributed by atoms with E-state index in [0.29, 0.717) is 25.3 Å². The minimum Gasteiger partial charge on any atom is -0.497 e. The molecule has 0 unspecified atom stereocenters. The third-order valence-electron chi connectivity index (χ3n) is 6.09. The maximum atomic E-state index is 12.9. The van der Waals surface area contributed by atoms with Crippen LogP contribution in [0.15, 0.2) is 60.0 Å². The molecule has 0 aliphatic heterocycles. The Morgan fingerprint density at radius 1 is 1.00 bits per heavy atom. The van der Waals surface area contributed by atoms with Crippen LogP contribution in [0.4, 0.5) is 0 Å². The molecule has 8 heteroatoms. The predicted molar refractivity (Wildman–Crippen MR) is 143 cm³/mol. The van der Waals surface area contributed by atoms with E-state index in [0.717, 1.165) is 45.6 Å². The second-order valence-corrected chi connectivity index (χ2v) is 9.15. The number of aryl methyl sites for hydroxylation is 1. The number of hydrogen-bond acceptors (Lipinski definition) is 6.